The number of para-hydroxylation sites is 2. The molecule has 0 radical (unpaired) electrons. The molecular formula is C20H26N2O3. The molecule has 1 aromatic rings. The molecule has 0 unspecified atom stereocenters. The lowest BCUT2D eigenvalue weighted by molar-refractivity contribution is -0.134. The summed E-state index contributed by atoms with van der Waals surface area (Å²) in [5.74, 6) is 2.35. The summed E-state index contributed by atoms with van der Waals surface area (Å²) in [5.41, 5.74) is 0.775. The van der Waals surface area contributed by atoms with Gasteiger partial charge in [0.15, 0.2) is 6.61 Å². The SMILES string of the molecule is O=C(CCN1C(=O)COc2ccccc21)N1CC[C@@H]2CCCC[C@@H]2C1. The standard InChI is InChI=1S/C20H26N2O3/c23-19(21-11-9-15-5-1-2-6-16(15)13-21)10-12-22-17-7-3-4-8-18(17)25-14-20(22)24/h3-4,7-8,15-16H,1-2,5-6,9-14H2/t15-,16+/m0/s1. The maximum atomic E-state index is 12.7. The van der Waals surface area contributed by atoms with E-state index in [0.29, 0.717) is 18.9 Å². The molecule has 2 atom stereocenters. The van der Waals surface area contributed by atoms with Crippen molar-refractivity contribution in [3.05, 3.63) is 24.3 Å². The number of piperidine rings is 1. The molecule has 0 spiro atoms. The van der Waals surface area contributed by atoms with Gasteiger partial charge >= 0.3 is 0 Å². The predicted molar refractivity (Wildman–Crippen MR) is 95.6 cm³/mol. The van der Waals surface area contributed by atoms with Crippen LogP contribution < -0.4 is 9.64 Å². The Morgan fingerprint density at radius 2 is 1.92 bits per heavy atom. The fourth-order valence-electron chi connectivity index (χ4n) is 4.59. The molecule has 5 nitrogen and oxygen atoms in total. The zero-order chi connectivity index (χ0) is 17.2. The second-order valence-corrected chi connectivity index (χ2v) is 7.48. The van der Waals surface area contributed by atoms with Crippen LogP contribution in [0.15, 0.2) is 24.3 Å². The van der Waals surface area contributed by atoms with E-state index < -0.39 is 0 Å². The molecule has 1 aliphatic carbocycles. The number of nitrogens with zero attached hydrogens (tertiary/aromatic N) is 2. The molecule has 2 fully saturated rings. The van der Waals surface area contributed by atoms with E-state index in [2.05, 4.69) is 0 Å². The molecule has 2 aliphatic heterocycles. The highest BCUT2D eigenvalue weighted by molar-refractivity contribution is 5.98. The molecule has 1 saturated heterocycles. The van der Waals surface area contributed by atoms with Gasteiger partial charge in [-0.15, -0.1) is 0 Å². The van der Waals surface area contributed by atoms with Crippen LogP contribution in [-0.2, 0) is 9.59 Å². The molecule has 3 aliphatic rings. The van der Waals surface area contributed by atoms with Crippen molar-refractivity contribution >= 4 is 17.5 Å². The van der Waals surface area contributed by atoms with Crippen LogP contribution in [0.25, 0.3) is 0 Å². The lowest BCUT2D eigenvalue weighted by Gasteiger charge is -2.41. The van der Waals surface area contributed by atoms with Gasteiger partial charge in [-0.05, 0) is 36.8 Å². The van der Waals surface area contributed by atoms with E-state index in [4.69, 9.17) is 4.74 Å². The summed E-state index contributed by atoms with van der Waals surface area (Å²) in [7, 11) is 0. The zero-order valence-electron chi connectivity index (χ0n) is 14.7. The number of rotatable bonds is 3. The Balaban J connectivity index is 1.37. The van der Waals surface area contributed by atoms with Gasteiger partial charge in [0.2, 0.25) is 5.91 Å². The average molecular weight is 342 g/mol. The highest BCUT2D eigenvalue weighted by Crippen LogP contribution is 2.36. The number of anilines is 1. The smallest absolute Gasteiger partial charge is 0.265 e. The number of carbonyl (C=O) groups is 2. The molecule has 0 bridgehead atoms. The van der Waals surface area contributed by atoms with Crippen molar-refractivity contribution in [3.63, 3.8) is 0 Å². The molecule has 0 N–H and O–H groups in total. The normalized spacial score (nSPS) is 25.8. The molecular weight excluding hydrogens is 316 g/mol. The minimum atomic E-state index is -0.0718. The van der Waals surface area contributed by atoms with E-state index in [-0.39, 0.29) is 18.4 Å². The van der Waals surface area contributed by atoms with E-state index in [1.807, 2.05) is 29.2 Å². The van der Waals surface area contributed by atoms with E-state index in [0.717, 1.165) is 36.9 Å². The molecule has 1 aromatic carbocycles. The van der Waals surface area contributed by atoms with Gasteiger partial charge in [-0.25, -0.2) is 0 Å². The molecule has 0 aromatic heterocycles. The Morgan fingerprint density at radius 3 is 2.80 bits per heavy atom. The average Bonchev–Trinajstić information content (AvgIpc) is 2.66. The number of hydrogen-bond donors (Lipinski definition) is 0. The number of carbonyl (C=O) groups excluding carboxylic acids is 2. The third-order valence-corrected chi connectivity index (χ3v) is 6.00. The highest BCUT2D eigenvalue weighted by atomic mass is 16.5. The Hall–Kier alpha value is -2.04. The number of fused-ring (bicyclic) bond motifs is 2. The van der Waals surface area contributed by atoms with Crippen LogP contribution in [0, 0.1) is 11.8 Å². The predicted octanol–water partition coefficient (Wildman–Crippen LogP) is 2.84. The fourth-order valence-corrected chi connectivity index (χ4v) is 4.59. The largest absolute Gasteiger partial charge is 0.482 e. The van der Waals surface area contributed by atoms with Gasteiger partial charge in [-0.3, -0.25) is 9.59 Å². The van der Waals surface area contributed by atoms with Crippen molar-refractivity contribution in [2.24, 2.45) is 11.8 Å². The maximum Gasteiger partial charge on any atom is 0.265 e. The molecule has 2 amide bonds. The summed E-state index contributed by atoms with van der Waals surface area (Å²) >= 11 is 0. The number of amides is 2. The van der Waals surface area contributed by atoms with Crippen LogP contribution in [0.1, 0.15) is 38.5 Å². The third kappa shape index (κ3) is 3.37. The number of hydrogen-bond acceptors (Lipinski definition) is 3. The topological polar surface area (TPSA) is 49.9 Å². The first kappa shape index (κ1) is 16.4. The Kier molecular flexibility index (Phi) is 4.64. The van der Waals surface area contributed by atoms with E-state index in [1.165, 1.54) is 25.7 Å². The van der Waals surface area contributed by atoms with Crippen molar-refractivity contribution in [1.82, 2.24) is 4.90 Å². The Bertz CT molecular complexity index is 660. The van der Waals surface area contributed by atoms with Crippen LogP contribution in [0.4, 0.5) is 5.69 Å². The number of ether oxygens (including phenoxy) is 1. The van der Waals surface area contributed by atoms with Crippen LogP contribution >= 0.6 is 0 Å². The fraction of sp³-hybridized carbons (Fsp3) is 0.600. The lowest BCUT2D eigenvalue weighted by atomic mass is 9.75. The van der Waals surface area contributed by atoms with Crippen molar-refractivity contribution in [2.75, 3.05) is 31.1 Å². The number of likely N-dealkylation sites (tertiary alicyclic amines) is 1. The van der Waals surface area contributed by atoms with Gasteiger partial charge in [-0.2, -0.15) is 0 Å². The van der Waals surface area contributed by atoms with Crippen molar-refractivity contribution in [1.29, 1.82) is 0 Å². The van der Waals surface area contributed by atoms with E-state index >= 15 is 0 Å². The molecule has 4 rings (SSSR count). The van der Waals surface area contributed by atoms with Crippen LogP contribution in [0.3, 0.4) is 0 Å². The van der Waals surface area contributed by atoms with Gasteiger partial charge in [0.05, 0.1) is 5.69 Å². The Labute approximate surface area is 148 Å². The van der Waals surface area contributed by atoms with Crippen molar-refractivity contribution < 1.29 is 14.3 Å². The highest BCUT2D eigenvalue weighted by Gasteiger charge is 2.33. The monoisotopic (exact) mass is 342 g/mol. The van der Waals surface area contributed by atoms with Gasteiger partial charge in [-0.1, -0.05) is 31.4 Å². The molecule has 134 valence electrons. The minimum Gasteiger partial charge on any atom is -0.482 e. The van der Waals surface area contributed by atoms with Gasteiger partial charge in [0, 0.05) is 26.1 Å². The summed E-state index contributed by atoms with van der Waals surface area (Å²) in [5, 5.41) is 0. The molecule has 2 heterocycles. The summed E-state index contributed by atoms with van der Waals surface area (Å²) in [6, 6.07) is 7.53. The molecule has 5 heteroatoms. The van der Waals surface area contributed by atoms with Crippen LogP contribution in [0.5, 0.6) is 5.75 Å². The van der Waals surface area contributed by atoms with Gasteiger partial charge in [0.1, 0.15) is 5.75 Å². The van der Waals surface area contributed by atoms with E-state index in [1.54, 1.807) is 4.90 Å². The first-order chi connectivity index (χ1) is 12.2. The summed E-state index contributed by atoms with van der Waals surface area (Å²) in [6.07, 6.45) is 6.80. The maximum absolute atomic E-state index is 12.7. The second-order valence-electron chi connectivity index (χ2n) is 7.48. The second kappa shape index (κ2) is 7.06. The van der Waals surface area contributed by atoms with Crippen molar-refractivity contribution in [3.8, 4) is 5.75 Å². The lowest BCUT2D eigenvalue weighted by Crippen LogP contribution is -2.46. The Morgan fingerprint density at radius 1 is 1.12 bits per heavy atom. The minimum absolute atomic E-state index is 0.0542. The molecule has 25 heavy (non-hydrogen) atoms. The first-order valence-corrected chi connectivity index (χ1v) is 9.52. The van der Waals surface area contributed by atoms with Gasteiger partial charge in [0.25, 0.3) is 5.91 Å². The van der Waals surface area contributed by atoms with Gasteiger partial charge < -0.3 is 14.5 Å². The molecule has 1 saturated carbocycles. The van der Waals surface area contributed by atoms with Crippen molar-refractivity contribution in [2.45, 2.75) is 38.5 Å². The number of benzene rings is 1. The van der Waals surface area contributed by atoms with Crippen LogP contribution in [0.2, 0.25) is 0 Å². The zero-order valence-corrected chi connectivity index (χ0v) is 14.7. The summed E-state index contributed by atoms with van der Waals surface area (Å²) < 4.78 is 5.46. The third-order valence-electron chi connectivity index (χ3n) is 6.00. The van der Waals surface area contributed by atoms with Crippen LogP contribution in [-0.4, -0.2) is 43.0 Å². The summed E-state index contributed by atoms with van der Waals surface area (Å²) in [6.45, 7) is 2.28. The first-order valence-electron chi connectivity index (χ1n) is 9.52. The quantitative estimate of drug-likeness (QED) is 0.849. The summed E-state index contributed by atoms with van der Waals surface area (Å²) in [4.78, 5) is 28.6. The van der Waals surface area contributed by atoms with E-state index in [9.17, 15) is 9.59 Å².